The molecule has 0 aromatic rings. The van der Waals surface area contributed by atoms with Gasteiger partial charge in [0.25, 0.3) is 12.8 Å². The van der Waals surface area contributed by atoms with E-state index in [9.17, 15) is 35.1 Å². The molecule has 0 heterocycles. The average Bonchev–Trinajstić information content (AvgIpc) is 1.83. The van der Waals surface area contributed by atoms with Crippen LogP contribution in [0.1, 0.15) is 0 Å². The first kappa shape index (κ1) is 12.4. The number of halogens is 8. The van der Waals surface area contributed by atoms with Gasteiger partial charge in [0.15, 0.2) is 0 Å². The van der Waals surface area contributed by atoms with Crippen LogP contribution in [0.5, 0.6) is 0 Å². The maximum absolute atomic E-state index is 11.6. The molecule has 9 heteroatoms. The molecule has 0 amide bonds. The summed E-state index contributed by atoms with van der Waals surface area (Å²) in [6.07, 6.45) is -20.2. The summed E-state index contributed by atoms with van der Waals surface area (Å²) in [5.74, 6) is 0. The molecule has 1 nitrogen and oxygen atoms in total. The van der Waals surface area contributed by atoms with Gasteiger partial charge in [-0.25, -0.2) is 13.2 Å². The van der Waals surface area contributed by atoms with Crippen molar-refractivity contribution < 1.29 is 39.9 Å². The van der Waals surface area contributed by atoms with Crippen molar-refractivity contribution >= 4 is 0 Å². The zero-order valence-electron chi connectivity index (χ0n) is 5.59. The maximum atomic E-state index is 11.6. The molecule has 0 aliphatic heterocycles. The molecule has 80 valence electrons. The lowest BCUT2D eigenvalue weighted by atomic mass is 10.6. The van der Waals surface area contributed by atoms with E-state index in [0.29, 0.717) is 0 Å². The molecule has 13 heavy (non-hydrogen) atoms. The van der Waals surface area contributed by atoms with E-state index in [1.807, 2.05) is 0 Å². The minimum absolute atomic E-state index is 2.19. The van der Waals surface area contributed by atoms with Crippen molar-refractivity contribution in [3.05, 3.63) is 0 Å². The highest BCUT2D eigenvalue weighted by Gasteiger charge is 2.61. The van der Waals surface area contributed by atoms with Crippen LogP contribution in [0, 0.1) is 0 Å². The second-order valence-electron chi connectivity index (χ2n) is 1.82. The molecule has 0 saturated heterocycles. The number of hydrogen-bond acceptors (Lipinski definition) is 1. The Bertz CT molecular complexity index is 162. The fourth-order valence-corrected chi connectivity index (χ4v) is 0.260. The normalized spacial score (nSPS) is 16.4. The van der Waals surface area contributed by atoms with Crippen LogP contribution < -0.4 is 0 Å². The van der Waals surface area contributed by atoms with Gasteiger partial charge in [-0.2, -0.15) is 22.0 Å². The number of rotatable bonds is 3. The topological polar surface area (TPSA) is 9.23 Å². The van der Waals surface area contributed by atoms with Crippen LogP contribution in [0.15, 0.2) is 0 Å². The van der Waals surface area contributed by atoms with E-state index < -0.39 is 25.1 Å². The Morgan fingerprint density at radius 2 is 1.23 bits per heavy atom. The van der Waals surface area contributed by atoms with Crippen molar-refractivity contribution in [3.63, 3.8) is 0 Å². The Balaban J connectivity index is 4.34. The molecule has 0 aliphatic carbocycles. The van der Waals surface area contributed by atoms with Crippen LogP contribution >= 0.6 is 0 Å². The molecular weight excluding hydrogens is 216 g/mol. The number of hydrogen-bond donors (Lipinski definition) is 0. The molecule has 1 unspecified atom stereocenters. The summed E-state index contributed by atoms with van der Waals surface area (Å²) in [5, 5.41) is 0. The Morgan fingerprint density at radius 3 is 1.46 bits per heavy atom. The zero-order valence-corrected chi connectivity index (χ0v) is 5.59. The smallest absolute Gasteiger partial charge is 0.272 e. The monoisotopic (exact) mass is 218 g/mol. The van der Waals surface area contributed by atoms with E-state index in [4.69, 9.17) is 0 Å². The van der Waals surface area contributed by atoms with Crippen LogP contribution in [0.3, 0.4) is 0 Å². The first-order chi connectivity index (χ1) is 5.58. The average molecular weight is 218 g/mol. The molecule has 0 aromatic heterocycles. The molecule has 0 spiro atoms. The third kappa shape index (κ3) is 3.33. The third-order valence-corrected chi connectivity index (χ3v) is 0.789. The zero-order chi connectivity index (χ0) is 10.9. The van der Waals surface area contributed by atoms with Crippen molar-refractivity contribution in [1.29, 1.82) is 0 Å². The Labute approximate surface area is 66.3 Å². The van der Waals surface area contributed by atoms with Crippen molar-refractivity contribution in [3.8, 4) is 0 Å². The largest absolute Gasteiger partial charge is 0.483 e. The summed E-state index contributed by atoms with van der Waals surface area (Å²) in [4.78, 5) is 0. The third-order valence-electron chi connectivity index (χ3n) is 0.789. The molecule has 0 fully saturated rings. The van der Waals surface area contributed by atoms with Gasteiger partial charge in [0.2, 0.25) is 0 Å². The van der Waals surface area contributed by atoms with Gasteiger partial charge in [-0.15, -0.1) is 0 Å². The SMILES string of the molecule is FC(F)C(F)OC(F)(F)C(F)(F)F. The molecule has 0 aromatic carbocycles. The van der Waals surface area contributed by atoms with E-state index in [2.05, 4.69) is 4.74 Å². The standard InChI is InChI=1S/C4H2F8O/c5-1(6)2(7)13-4(11,12)3(8,9)10/h1-2H. The fourth-order valence-electron chi connectivity index (χ4n) is 0.260. The summed E-state index contributed by atoms with van der Waals surface area (Å²) in [5.41, 5.74) is 0. The Morgan fingerprint density at radius 1 is 0.846 bits per heavy atom. The quantitative estimate of drug-likeness (QED) is 0.661. The first-order valence-electron chi connectivity index (χ1n) is 2.62. The summed E-state index contributed by atoms with van der Waals surface area (Å²) >= 11 is 0. The molecule has 0 radical (unpaired) electrons. The van der Waals surface area contributed by atoms with E-state index in [0.717, 1.165) is 0 Å². The summed E-state index contributed by atoms with van der Waals surface area (Å²) < 4.78 is 92.8. The second-order valence-corrected chi connectivity index (χ2v) is 1.82. The van der Waals surface area contributed by atoms with E-state index in [-0.39, 0.29) is 0 Å². The van der Waals surface area contributed by atoms with E-state index >= 15 is 0 Å². The molecule has 0 saturated carbocycles. The van der Waals surface area contributed by atoms with Crippen molar-refractivity contribution in [2.45, 2.75) is 25.1 Å². The summed E-state index contributed by atoms with van der Waals surface area (Å²) in [7, 11) is 0. The van der Waals surface area contributed by atoms with Gasteiger partial charge in [-0.3, -0.25) is 4.74 Å². The molecule has 1 atom stereocenters. The van der Waals surface area contributed by atoms with Crippen LogP contribution in [0.2, 0.25) is 0 Å². The highest BCUT2D eigenvalue weighted by molar-refractivity contribution is 4.65. The van der Waals surface area contributed by atoms with Gasteiger partial charge in [-0.05, 0) is 0 Å². The van der Waals surface area contributed by atoms with Crippen LogP contribution in [0.25, 0.3) is 0 Å². The number of alkyl halides is 8. The van der Waals surface area contributed by atoms with Gasteiger partial charge in [0, 0.05) is 0 Å². The van der Waals surface area contributed by atoms with Gasteiger partial charge < -0.3 is 0 Å². The fraction of sp³-hybridized carbons (Fsp3) is 1.00. The molecule has 0 rings (SSSR count). The molecular formula is C4H2F8O. The molecule has 0 bridgehead atoms. The first-order valence-corrected chi connectivity index (χ1v) is 2.62. The minimum Gasteiger partial charge on any atom is -0.272 e. The summed E-state index contributed by atoms with van der Waals surface area (Å²) in [6.45, 7) is 0. The molecule has 0 aliphatic rings. The van der Waals surface area contributed by atoms with Crippen molar-refractivity contribution in [2.24, 2.45) is 0 Å². The highest BCUT2D eigenvalue weighted by Crippen LogP contribution is 2.37. The lowest BCUT2D eigenvalue weighted by Gasteiger charge is -2.20. The van der Waals surface area contributed by atoms with Gasteiger partial charge in [0.1, 0.15) is 0 Å². The highest BCUT2D eigenvalue weighted by atomic mass is 19.4. The summed E-state index contributed by atoms with van der Waals surface area (Å²) in [6, 6.07) is 0. The van der Waals surface area contributed by atoms with Crippen molar-refractivity contribution in [1.82, 2.24) is 0 Å². The molecule has 0 N–H and O–H groups in total. The van der Waals surface area contributed by atoms with Crippen LogP contribution in [0.4, 0.5) is 35.1 Å². The van der Waals surface area contributed by atoms with Crippen LogP contribution in [-0.2, 0) is 4.74 Å². The lowest BCUT2D eigenvalue weighted by molar-refractivity contribution is -0.420. The van der Waals surface area contributed by atoms with Crippen molar-refractivity contribution in [2.75, 3.05) is 0 Å². The minimum atomic E-state index is -6.22. The maximum Gasteiger partial charge on any atom is 0.483 e. The van der Waals surface area contributed by atoms with E-state index in [1.165, 1.54) is 0 Å². The number of ether oxygens (including phenoxy) is 1. The van der Waals surface area contributed by atoms with E-state index in [1.54, 1.807) is 0 Å². The Kier molecular flexibility index (Phi) is 3.47. The van der Waals surface area contributed by atoms with Gasteiger partial charge >= 0.3 is 12.3 Å². The van der Waals surface area contributed by atoms with Crippen LogP contribution in [-0.4, -0.2) is 25.1 Å². The Hall–Kier alpha value is -0.600. The van der Waals surface area contributed by atoms with Gasteiger partial charge in [-0.1, -0.05) is 0 Å². The lowest BCUT2D eigenvalue weighted by Crippen LogP contribution is -2.42. The predicted octanol–water partition coefficient (Wildman–Crippen LogP) is 2.72. The predicted molar refractivity (Wildman–Crippen MR) is 23.0 cm³/mol. The second kappa shape index (κ2) is 3.64. The van der Waals surface area contributed by atoms with Gasteiger partial charge in [0.05, 0.1) is 0 Å².